The summed E-state index contributed by atoms with van der Waals surface area (Å²) in [5.74, 6) is -0.0313. The van der Waals surface area contributed by atoms with Crippen LogP contribution in [0.1, 0.15) is 45.3 Å². The summed E-state index contributed by atoms with van der Waals surface area (Å²) in [6, 6.07) is 0. The summed E-state index contributed by atoms with van der Waals surface area (Å²) < 4.78 is 0. The van der Waals surface area contributed by atoms with E-state index >= 15 is 0 Å². The summed E-state index contributed by atoms with van der Waals surface area (Å²) in [6.45, 7) is 10.6. The van der Waals surface area contributed by atoms with Gasteiger partial charge in [-0.15, -0.1) is 11.3 Å². The largest absolute Gasteiger partial charge is 0.350 e. The fourth-order valence-electron chi connectivity index (χ4n) is 1.37. The number of carbonyl (C=O) groups excluding carboxylic acids is 1. The number of nitrogens with two attached hydrogens (primary N) is 1. The Morgan fingerprint density at radius 1 is 1.39 bits per heavy atom. The average Bonchev–Trinajstić information content (AvgIpc) is 2.64. The summed E-state index contributed by atoms with van der Waals surface area (Å²) in [7, 11) is 0. The molecule has 0 saturated heterocycles. The molecule has 0 fully saturated rings. The van der Waals surface area contributed by atoms with Gasteiger partial charge < -0.3 is 11.1 Å². The van der Waals surface area contributed by atoms with Crippen molar-refractivity contribution in [2.24, 2.45) is 5.73 Å². The van der Waals surface area contributed by atoms with Gasteiger partial charge in [0.15, 0.2) is 0 Å². The van der Waals surface area contributed by atoms with E-state index in [-0.39, 0.29) is 16.9 Å². The number of carbonyl (C=O) groups is 1. The van der Waals surface area contributed by atoms with Gasteiger partial charge in [-0.2, -0.15) is 0 Å². The Hall–Kier alpha value is -0.940. The Labute approximate surface area is 113 Å². The molecule has 0 aliphatic heterocycles. The fraction of sp³-hybridized carbons (Fsp3) is 0.692. The van der Waals surface area contributed by atoms with Gasteiger partial charge in [0.2, 0.25) is 5.91 Å². The first-order valence-electron chi connectivity index (χ1n) is 6.10. The molecule has 0 saturated carbocycles. The van der Waals surface area contributed by atoms with Crippen molar-refractivity contribution in [3.8, 4) is 0 Å². The summed E-state index contributed by atoms with van der Waals surface area (Å²) in [5.41, 5.74) is 6.09. The van der Waals surface area contributed by atoms with Crippen LogP contribution in [0, 0.1) is 0 Å². The smallest absolute Gasteiger partial charge is 0.226 e. The molecule has 3 N–H and O–H groups in total. The normalized spacial score (nSPS) is 12.6. The van der Waals surface area contributed by atoms with Gasteiger partial charge in [0, 0.05) is 22.9 Å². The third-order valence-corrected chi connectivity index (χ3v) is 3.84. The number of rotatable bonds is 4. The van der Waals surface area contributed by atoms with E-state index in [1.165, 1.54) is 0 Å². The maximum Gasteiger partial charge on any atom is 0.226 e. The number of aromatic nitrogens is 1. The highest BCUT2D eigenvalue weighted by Gasteiger charge is 2.21. The van der Waals surface area contributed by atoms with E-state index in [4.69, 9.17) is 5.73 Å². The molecule has 0 aliphatic carbocycles. The van der Waals surface area contributed by atoms with Gasteiger partial charge in [-0.1, -0.05) is 20.8 Å². The Balaban J connectivity index is 2.64. The highest BCUT2D eigenvalue weighted by molar-refractivity contribution is 7.09. The highest BCUT2D eigenvalue weighted by atomic mass is 32.1. The predicted molar refractivity (Wildman–Crippen MR) is 75.8 cm³/mol. The van der Waals surface area contributed by atoms with Crippen LogP contribution >= 0.6 is 11.3 Å². The lowest BCUT2D eigenvalue weighted by atomic mass is 9.98. The molecule has 0 aliphatic rings. The van der Waals surface area contributed by atoms with Crippen LogP contribution in [0.15, 0.2) is 5.38 Å². The Kier molecular flexibility index (Phi) is 4.50. The Bertz CT molecular complexity index is 418. The van der Waals surface area contributed by atoms with Crippen LogP contribution in [0.2, 0.25) is 0 Å². The molecule has 1 aromatic rings. The fourth-order valence-corrected chi connectivity index (χ4v) is 2.28. The third-order valence-electron chi connectivity index (χ3n) is 2.52. The molecule has 0 unspecified atom stereocenters. The van der Waals surface area contributed by atoms with E-state index in [1.54, 1.807) is 11.3 Å². The zero-order valence-electron chi connectivity index (χ0n) is 11.8. The van der Waals surface area contributed by atoms with Crippen molar-refractivity contribution in [2.45, 2.75) is 52.0 Å². The van der Waals surface area contributed by atoms with Crippen molar-refractivity contribution in [3.05, 3.63) is 16.1 Å². The molecule has 0 aromatic carbocycles. The molecule has 1 amide bonds. The summed E-state index contributed by atoms with van der Waals surface area (Å²) >= 11 is 1.61. The van der Waals surface area contributed by atoms with Crippen molar-refractivity contribution >= 4 is 17.2 Å². The second kappa shape index (κ2) is 5.36. The standard InChI is InChI=1S/C13H23N3OS/c1-12(2,3)11-15-9(7-18-11)6-10(17)16-13(4,5)8-14/h7H,6,8,14H2,1-5H3,(H,16,17). The van der Waals surface area contributed by atoms with Crippen LogP contribution in [0.3, 0.4) is 0 Å². The summed E-state index contributed by atoms with van der Waals surface area (Å²) in [5, 5.41) is 5.92. The minimum Gasteiger partial charge on any atom is -0.350 e. The van der Waals surface area contributed by atoms with Crippen LogP contribution in [-0.2, 0) is 16.6 Å². The zero-order valence-corrected chi connectivity index (χ0v) is 12.6. The second-order valence-corrected chi connectivity index (χ2v) is 7.07. The lowest BCUT2D eigenvalue weighted by Crippen LogP contribution is -2.49. The number of hydrogen-bond donors (Lipinski definition) is 2. The van der Waals surface area contributed by atoms with Crippen LogP contribution in [0.4, 0.5) is 0 Å². The maximum atomic E-state index is 11.8. The number of amides is 1. The molecule has 1 rings (SSSR count). The average molecular weight is 269 g/mol. The molecular weight excluding hydrogens is 246 g/mol. The third kappa shape index (κ3) is 4.38. The Morgan fingerprint density at radius 2 is 2.00 bits per heavy atom. The van der Waals surface area contributed by atoms with Gasteiger partial charge in [-0.25, -0.2) is 4.98 Å². The van der Waals surface area contributed by atoms with Crippen LogP contribution in [0.25, 0.3) is 0 Å². The maximum absolute atomic E-state index is 11.8. The first kappa shape index (κ1) is 15.1. The van der Waals surface area contributed by atoms with E-state index in [0.29, 0.717) is 13.0 Å². The minimum atomic E-state index is -0.361. The molecule has 0 spiro atoms. The van der Waals surface area contributed by atoms with Gasteiger partial charge in [-0.3, -0.25) is 4.79 Å². The number of hydrogen-bond acceptors (Lipinski definition) is 4. The molecular formula is C13H23N3OS. The van der Waals surface area contributed by atoms with Crippen molar-refractivity contribution in [3.63, 3.8) is 0 Å². The molecule has 0 radical (unpaired) electrons. The molecule has 4 nitrogen and oxygen atoms in total. The van der Waals surface area contributed by atoms with E-state index in [1.807, 2.05) is 19.2 Å². The lowest BCUT2D eigenvalue weighted by Gasteiger charge is -2.23. The van der Waals surface area contributed by atoms with Crippen molar-refractivity contribution < 1.29 is 4.79 Å². The van der Waals surface area contributed by atoms with Crippen molar-refractivity contribution in [2.75, 3.05) is 6.54 Å². The van der Waals surface area contributed by atoms with E-state index in [9.17, 15) is 4.79 Å². The highest BCUT2D eigenvalue weighted by Crippen LogP contribution is 2.25. The lowest BCUT2D eigenvalue weighted by molar-refractivity contribution is -0.121. The first-order chi connectivity index (χ1) is 8.14. The van der Waals surface area contributed by atoms with Gasteiger partial charge in [0.25, 0.3) is 0 Å². The van der Waals surface area contributed by atoms with E-state index in [0.717, 1.165) is 10.7 Å². The van der Waals surface area contributed by atoms with Crippen LogP contribution in [0.5, 0.6) is 0 Å². The molecule has 102 valence electrons. The minimum absolute atomic E-state index is 0.0313. The molecule has 1 heterocycles. The summed E-state index contributed by atoms with van der Waals surface area (Å²) in [6.07, 6.45) is 0.315. The molecule has 1 aromatic heterocycles. The zero-order chi connectivity index (χ0) is 14.0. The van der Waals surface area contributed by atoms with E-state index in [2.05, 4.69) is 31.1 Å². The monoisotopic (exact) mass is 269 g/mol. The predicted octanol–water partition coefficient (Wildman–Crippen LogP) is 1.84. The SMILES string of the molecule is CC(C)(CN)NC(=O)Cc1csc(C(C)(C)C)n1. The van der Waals surface area contributed by atoms with Gasteiger partial charge in [0.1, 0.15) is 0 Å². The van der Waals surface area contributed by atoms with E-state index < -0.39 is 0 Å². The van der Waals surface area contributed by atoms with Crippen LogP contribution in [-0.4, -0.2) is 23.0 Å². The van der Waals surface area contributed by atoms with Crippen LogP contribution < -0.4 is 11.1 Å². The molecule has 0 bridgehead atoms. The van der Waals surface area contributed by atoms with Crippen molar-refractivity contribution in [1.82, 2.24) is 10.3 Å². The first-order valence-corrected chi connectivity index (χ1v) is 6.98. The van der Waals surface area contributed by atoms with Gasteiger partial charge >= 0.3 is 0 Å². The number of nitrogens with zero attached hydrogens (tertiary/aromatic N) is 1. The quantitative estimate of drug-likeness (QED) is 0.876. The molecule has 5 heteroatoms. The number of nitrogens with one attached hydrogen (secondary N) is 1. The summed E-state index contributed by atoms with van der Waals surface area (Å²) in [4.78, 5) is 16.3. The van der Waals surface area contributed by atoms with Gasteiger partial charge in [0.05, 0.1) is 17.1 Å². The second-order valence-electron chi connectivity index (χ2n) is 6.21. The molecule has 18 heavy (non-hydrogen) atoms. The Morgan fingerprint density at radius 3 is 2.44 bits per heavy atom. The number of thiazole rings is 1. The van der Waals surface area contributed by atoms with Crippen molar-refractivity contribution in [1.29, 1.82) is 0 Å². The molecule has 0 atom stereocenters. The van der Waals surface area contributed by atoms with Gasteiger partial charge in [-0.05, 0) is 13.8 Å². The topological polar surface area (TPSA) is 68.0 Å².